The van der Waals surface area contributed by atoms with Crippen LogP contribution in [0, 0.1) is 6.92 Å². The van der Waals surface area contributed by atoms with Gasteiger partial charge in [-0.1, -0.05) is 134 Å². The molecule has 1 aromatic heterocycles. The van der Waals surface area contributed by atoms with Crippen LogP contribution >= 0.6 is 0 Å². The maximum absolute atomic E-state index is 6.45. The van der Waals surface area contributed by atoms with E-state index in [9.17, 15) is 0 Å². The van der Waals surface area contributed by atoms with E-state index in [1.54, 1.807) is 0 Å². The molecule has 1 atom stereocenters. The van der Waals surface area contributed by atoms with Crippen LogP contribution in [-0.4, -0.2) is 6.54 Å². The van der Waals surface area contributed by atoms with Crippen LogP contribution in [0.1, 0.15) is 39.5 Å². The lowest BCUT2D eigenvalue weighted by molar-refractivity contribution is 0.599. The van der Waals surface area contributed by atoms with Crippen molar-refractivity contribution in [3.63, 3.8) is 0 Å². The fourth-order valence-corrected chi connectivity index (χ4v) is 6.80. The van der Waals surface area contributed by atoms with Crippen molar-refractivity contribution in [3.05, 3.63) is 186 Å². The molecule has 0 aliphatic carbocycles. The second kappa shape index (κ2) is 11.2. The van der Waals surface area contributed by atoms with Gasteiger partial charge in [0.25, 0.3) is 0 Å². The lowest BCUT2D eigenvalue weighted by Crippen LogP contribution is -2.26. The van der Waals surface area contributed by atoms with E-state index >= 15 is 0 Å². The van der Waals surface area contributed by atoms with Crippen LogP contribution < -0.4 is 4.90 Å². The SMILES string of the molecule is C=C1c2ccc(-c3ccccc3)cc2N(CC(c2ccc3ccccc3c2)c2ccccc2C)/C=C\c2c1oc1ccccc21. The molecule has 6 aromatic carbocycles. The lowest BCUT2D eigenvalue weighted by Gasteiger charge is -2.31. The zero-order chi connectivity index (χ0) is 30.3. The van der Waals surface area contributed by atoms with Crippen LogP contribution in [0.3, 0.4) is 0 Å². The van der Waals surface area contributed by atoms with E-state index in [0.717, 1.165) is 45.7 Å². The Morgan fingerprint density at radius 2 is 1.44 bits per heavy atom. The van der Waals surface area contributed by atoms with Crippen LogP contribution in [0.5, 0.6) is 0 Å². The van der Waals surface area contributed by atoms with Crippen molar-refractivity contribution >= 4 is 39.1 Å². The van der Waals surface area contributed by atoms with Crippen molar-refractivity contribution in [2.45, 2.75) is 12.8 Å². The van der Waals surface area contributed by atoms with Gasteiger partial charge in [0.1, 0.15) is 11.3 Å². The van der Waals surface area contributed by atoms with Crippen molar-refractivity contribution in [1.82, 2.24) is 0 Å². The smallest absolute Gasteiger partial charge is 0.142 e. The normalized spacial score (nSPS) is 14.1. The summed E-state index contributed by atoms with van der Waals surface area (Å²) in [6.07, 6.45) is 4.45. The highest BCUT2D eigenvalue weighted by atomic mass is 16.3. The molecule has 0 N–H and O–H groups in total. The van der Waals surface area contributed by atoms with E-state index in [4.69, 9.17) is 4.42 Å². The molecule has 0 saturated heterocycles. The van der Waals surface area contributed by atoms with Crippen molar-refractivity contribution < 1.29 is 4.42 Å². The van der Waals surface area contributed by atoms with Gasteiger partial charge in [0.05, 0.1) is 0 Å². The minimum atomic E-state index is 0.127. The number of rotatable bonds is 5. The Bertz CT molecular complexity index is 2240. The molecular weight excluding hydrogens is 546 g/mol. The molecule has 0 radical (unpaired) electrons. The standard InChI is InChI=1S/C43H33NO/c1-29-12-6-9-17-36(29)40(35-21-20-32-15-7-8-16-33(32)26-35)28-44-25-24-39-38-18-10-11-19-42(38)45-43(39)30(2)37-23-22-34(27-41(37)44)31-13-4-3-5-14-31/h3-27,40H,2,28H2,1H3/b25-24-. The first-order valence-electron chi connectivity index (χ1n) is 15.5. The van der Waals surface area contributed by atoms with Crippen molar-refractivity contribution in [2.75, 3.05) is 11.4 Å². The monoisotopic (exact) mass is 579 g/mol. The molecule has 216 valence electrons. The predicted molar refractivity (Wildman–Crippen MR) is 190 cm³/mol. The van der Waals surface area contributed by atoms with Gasteiger partial charge in [0.2, 0.25) is 0 Å². The molecule has 0 saturated carbocycles. The van der Waals surface area contributed by atoms with E-state index in [2.05, 4.69) is 158 Å². The van der Waals surface area contributed by atoms with Gasteiger partial charge in [-0.3, -0.25) is 0 Å². The van der Waals surface area contributed by atoms with E-state index in [-0.39, 0.29) is 5.92 Å². The molecule has 0 bridgehead atoms. The largest absolute Gasteiger partial charge is 0.455 e. The maximum Gasteiger partial charge on any atom is 0.142 e. The number of fused-ring (bicyclic) bond motifs is 5. The first-order chi connectivity index (χ1) is 22.1. The molecule has 2 heterocycles. The summed E-state index contributed by atoms with van der Waals surface area (Å²) in [7, 11) is 0. The van der Waals surface area contributed by atoms with Gasteiger partial charge in [0, 0.05) is 46.4 Å². The molecule has 0 spiro atoms. The summed E-state index contributed by atoms with van der Waals surface area (Å²) in [5.74, 6) is 0.952. The number of furan rings is 1. The zero-order valence-electron chi connectivity index (χ0n) is 25.3. The topological polar surface area (TPSA) is 16.4 Å². The molecule has 2 heteroatoms. The van der Waals surface area contributed by atoms with Gasteiger partial charge in [0.15, 0.2) is 0 Å². The van der Waals surface area contributed by atoms with Gasteiger partial charge >= 0.3 is 0 Å². The fourth-order valence-electron chi connectivity index (χ4n) is 6.80. The Morgan fingerprint density at radius 3 is 2.31 bits per heavy atom. The average Bonchev–Trinajstić information content (AvgIpc) is 3.46. The number of aryl methyl sites for hydroxylation is 1. The Kier molecular flexibility index (Phi) is 6.69. The molecule has 2 nitrogen and oxygen atoms in total. The minimum Gasteiger partial charge on any atom is -0.455 e. The van der Waals surface area contributed by atoms with Gasteiger partial charge in [-0.15, -0.1) is 0 Å². The molecule has 0 fully saturated rings. The molecule has 0 amide bonds. The molecule has 7 aromatic rings. The Balaban J connectivity index is 1.33. The maximum atomic E-state index is 6.45. The third-order valence-corrected chi connectivity index (χ3v) is 9.19. The molecule has 1 aliphatic rings. The minimum absolute atomic E-state index is 0.127. The summed E-state index contributed by atoms with van der Waals surface area (Å²) < 4.78 is 6.45. The Morgan fingerprint density at radius 1 is 0.689 bits per heavy atom. The highest BCUT2D eigenvalue weighted by Gasteiger charge is 2.26. The molecule has 1 aliphatic heterocycles. The lowest BCUT2D eigenvalue weighted by atomic mass is 9.86. The third-order valence-electron chi connectivity index (χ3n) is 9.19. The summed E-state index contributed by atoms with van der Waals surface area (Å²) in [5.41, 5.74) is 11.3. The summed E-state index contributed by atoms with van der Waals surface area (Å²) >= 11 is 0. The predicted octanol–water partition coefficient (Wildman–Crippen LogP) is 11.2. The number of hydrogen-bond acceptors (Lipinski definition) is 2. The number of anilines is 1. The van der Waals surface area contributed by atoms with E-state index in [0.29, 0.717) is 0 Å². The fraction of sp³-hybridized carbons (Fsp3) is 0.0698. The molecule has 1 unspecified atom stereocenters. The summed E-state index contributed by atoms with van der Waals surface area (Å²) in [6, 6.07) is 49.9. The second-order valence-corrected chi connectivity index (χ2v) is 11.9. The molecular formula is C43H33NO. The van der Waals surface area contributed by atoms with E-state index < -0.39 is 0 Å². The highest BCUT2D eigenvalue weighted by molar-refractivity contribution is 5.98. The molecule has 45 heavy (non-hydrogen) atoms. The number of benzene rings is 6. The van der Waals surface area contributed by atoms with Crippen molar-refractivity contribution in [2.24, 2.45) is 0 Å². The van der Waals surface area contributed by atoms with Crippen LogP contribution in [-0.2, 0) is 0 Å². The van der Waals surface area contributed by atoms with Crippen molar-refractivity contribution in [1.29, 1.82) is 0 Å². The summed E-state index contributed by atoms with van der Waals surface area (Å²) in [4.78, 5) is 2.42. The second-order valence-electron chi connectivity index (χ2n) is 11.9. The van der Waals surface area contributed by atoms with E-state index in [1.807, 2.05) is 12.1 Å². The first-order valence-corrected chi connectivity index (χ1v) is 15.5. The van der Waals surface area contributed by atoms with Crippen molar-refractivity contribution in [3.8, 4) is 11.1 Å². The van der Waals surface area contributed by atoms with Crippen LogP contribution in [0.25, 0.3) is 44.5 Å². The average molecular weight is 580 g/mol. The van der Waals surface area contributed by atoms with Gasteiger partial charge < -0.3 is 9.32 Å². The van der Waals surface area contributed by atoms with Crippen LogP contribution in [0.2, 0.25) is 0 Å². The number of hydrogen-bond donors (Lipinski definition) is 0. The Labute approximate surface area is 264 Å². The summed E-state index contributed by atoms with van der Waals surface area (Å²) in [6.45, 7) is 7.60. The highest BCUT2D eigenvalue weighted by Crippen LogP contribution is 2.42. The summed E-state index contributed by atoms with van der Waals surface area (Å²) in [5, 5.41) is 3.61. The molecule has 8 rings (SSSR count). The van der Waals surface area contributed by atoms with E-state index in [1.165, 1.54) is 38.6 Å². The number of para-hydroxylation sites is 1. The third kappa shape index (κ3) is 4.85. The van der Waals surface area contributed by atoms with Gasteiger partial charge in [-0.25, -0.2) is 0 Å². The number of nitrogens with zero attached hydrogens (tertiary/aromatic N) is 1. The quantitative estimate of drug-likeness (QED) is 0.202. The zero-order valence-corrected chi connectivity index (χ0v) is 25.3. The van der Waals surface area contributed by atoms with Crippen LogP contribution in [0.4, 0.5) is 5.69 Å². The Hall–Kier alpha value is -5.60. The van der Waals surface area contributed by atoms with Gasteiger partial charge in [-0.2, -0.15) is 0 Å². The first kappa shape index (κ1) is 27.0. The van der Waals surface area contributed by atoms with Gasteiger partial charge in [-0.05, 0) is 63.7 Å². The van der Waals surface area contributed by atoms with Crippen LogP contribution in [0.15, 0.2) is 157 Å².